The first kappa shape index (κ1) is 13.2. The van der Waals surface area contributed by atoms with Gasteiger partial charge in [0.15, 0.2) is 0 Å². The van der Waals surface area contributed by atoms with E-state index in [1.165, 1.54) is 17.5 Å². The number of H-pyrrole nitrogens is 1. The fraction of sp³-hybridized carbons (Fsp3) is 0.167. The number of thiazole rings is 1. The molecular formula is C12H12N4O2S2. The minimum Gasteiger partial charge on any atom is -0.345 e. The van der Waals surface area contributed by atoms with Crippen molar-refractivity contribution < 1.29 is 8.42 Å². The fourth-order valence-corrected chi connectivity index (χ4v) is 4.04. The van der Waals surface area contributed by atoms with Crippen molar-refractivity contribution in [2.24, 2.45) is 0 Å². The van der Waals surface area contributed by atoms with Crippen molar-refractivity contribution in [2.75, 3.05) is 0 Å². The minimum atomic E-state index is -3.62. The summed E-state index contributed by atoms with van der Waals surface area (Å²) < 4.78 is 27.5. The van der Waals surface area contributed by atoms with Gasteiger partial charge < -0.3 is 4.98 Å². The van der Waals surface area contributed by atoms with Crippen molar-refractivity contribution >= 4 is 32.4 Å². The highest BCUT2D eigenvalue weighted by atomic mass is 32.2. The molecular weight excluding hydrogens is 296 g/mol. The minimum absolute atomic E-state index is 0.198. The van der Waals surface area contributed by atoms with Gasteiger partial charge in [0, 0.05) is 29.4 Å². The van der Waals surface area contributed by atoms with Crippen LogP contribution in [0.15, 0.2) is 41.0 Å². The molecule has 0 aliphatic carbocycles. The smallest absolute Gasteiger partial charge is 0.243 e. The Hall–Kier alpha value is -1.77. The Balaban J connectivity index is 1.96. The summed E-state index contributed by atoms with van der Waals surface area (Å²) in [6, 6.07) is 3.06. The molecule has 1 atom stereocenters. The number of pyridine rings is 1. The van der Waals surface area contributed by atoms with E-state index in [2.05, 4.69) is 19.7 Å². The molecule has 3 aromatic rings. The van der Waals surface area contributed by atoms with Gasteiger partial charge in [0.1, 0.15) is 15.6 Å². The van der Waals surface area contributed by atoms with Crippen LogP contribution < -0.4 is 4.72 Å². The van der Waals surface area contributed by atoms with Crippen LogP contribution in [0.1, 0.15) is 18.0 Å². The average molecular weight is 308 g/mol. The molecule has 20 heavy (non-hydrogen) atoms. The predicted molar refractivity (Wildman–Crippen MR) is 76.9 cm³/mol. The highest BCUT2D eigenvalue weighted by Crippen LogP contribution is 2.23. The highest BCUT2D eigenvalue weighted by Gasteiger charge is 2.23. The van der Waals surface area contributed by atoms with Crippen LogP contribution in [-0.2, 0) is 10.0 Å². The van der Waals surface area contributed by atoms with Crippen molar-refractivity contribution in [3.8, 4) is 0 Å². The maximum atomic E-state index is 12.4. The van der Waals surface area contributed by atoms with Crippen LogP contribution in [0.25, 0.3) is 11.0 Å². The lowest BCUT2D eigenvalue weighted by Gasteiger charge is -2.11. The van der Waals surface area contributed by atoms with E-state index in [-0.39, 0.29) is 10.9 Å². The monoisotopic (exact) mass is 308 g/mol. The van der Waals surface area contributed by atoms with Crippen LogP contribution >= 0.6 is 11.3 Å². The molecule has 2 N–H and O–H groups in total. The van der Waals surface area contributed by atoms with Crippen LogP contribution in [0.4, 0.5) is 0 Å². The number of rotatable bonds is 4. The molecule has 3 rings (SSSR count). The summed E-state index contributed by atoms with van der Waals surface area (Å²) in [6.07, 6.45) is 4.72. The normalized spacial score (nSPS) is 13.7. The van der Waals surface area contributed by atoms with Gasteiger partial charge in [-0.05, 0) is 19.1 Å². The molecule has 0 fully saturated rings. The molecule has 3 heterocycles. The zero-order chi connectivity index (χ0) is 14.2. The van der Waals surface area contributed by atoms with E-state index in [0.717, 1.165) is 5.01 Å². The average Bonchev–Trinajstić information content (AvgIpc) is 3.08. The number of aromatic amines is 1. The van der Waals surface area contributed by atoms with Crippen LogP contribution in [0, 0.1) is 0 Å². The Morgan fingerprint density at radius 1 is 1.35 bits per heavy atom. The van der Waals surface area contributed by atoms with Crippen LogP contribution in [-0.4, -0.2) is 23.4 Å². The summed E-state index contributed by atoms with van der Waals surface area (Å²) in [5.74, 6) is 0. The van der Waals surface area contributed by atoms with E-state index in [0.29, 0.717) is 11.0 Å². The predicted octanol–water partition coefficient (Wildman–Crippen LogP) is 2.06. The van der Waals surface area contributed by atoms with E-state index in [1.807, 2.05) is 5.38 Å². The molecule has 0 amide bonds. The number of hydrogen-bond donors (Lipinski definition) is 2. The Bertz CT molecular complexity index is 824. The summed E-state index contributed by atoms with van der Waals surface area (Å²) in [6.45, 7) is 1.77. The molecule has 0 spiro atoms. The zero-order valence-corrected chi connectivity index (χ0v) is 12.2. The lowest BCUT2D eigenvalue weighted by molar-refractivity contribution is 0.567. The third kappa shape index (κ3) is 2.33. The molecule has 0 saturated heterocycles. The van der Waals surface area contributed by atoms with Gasteiger partial charge in [-0.25, -0.2) is 23.1 Å². The van der Waals surface area contributed by atoms with Gasteiger partial charge in [0.05, 0.1) is 6.04 Å². The molecule has 0 aromatic carbocycles. The molecule has 8 heteroatoms. The maximum absolute atomic E-state index is 12.4. The second-order valence-electron chi connectivity index (χ2n) is 4.27. The molecule has 0 bridgehead atoms. The van der Waals surface area contributed by atoms with Crippen molar-refractivity contribution in [2.45, 2.75) is 17.9 Å². The number of sulfonamides is 1. The third-order valence-corrected chi connectivity index (χ3v) is 5.40. The van der Waals surface area contributed by atoms with Crippen molar-refractivity contribution in [1.82, 2.24) is 19.7 Å². The molecule has 1 unspecified atom stereocenters. The standard InChI is InChI=1S/C12H12N4O2S2/c1-8(12-14-5-6-19-12)16-20(17,18)10-7-15-11-9(10)3-2-4-13-11/h2-8,16H,1H3,(H,13,15). The lowest BCUT2D eigenvalue weighted by Crippen LogP contribution is -2.26. The molecule has 6 nitrogen and oxygen atoms in total. The van der Waals surface area contributed by atoms with E-state index >= 15 is 0 Å². The summed E-state index contributed by atoms with van der Waals surface area (Å²) in [5.41, 5.74) is 0.551. The Labute approximate surface area is 119 Å². The summed E-state index contributed by atoms with van der Waals surface area (Å²) in [7, 11) is -3.62. The van der Waals surface area contributed by atoms with Gasteiger partial charge >= 0.3 is 0 Å². The number of nitrogens with zero attached hydrogens (tertiary/aromatic N) is 2. The van der Waals surface area contributed by atoms with Gasteiger partial charge in [0.2, 0.25) is 10.0 Å². The summed E-state index contributed by atoms with van der Waals surface area (Å²) in [4.78, 5) is 11.3. The first-order chi connectivity index (χ1) is 9.58. The van der Waals surface area contributed by atoms with E-state index in [9.17, 15) is 8.42 Å². The van der Waals surface area contributed by atoms with E-state index in [4.69, 9.17) is 0 Å². The molecule has 0 saturated carbocycles. The number of hydrogen-bond acceptors (Lipinski definition) is 5. The SMILES string of the molecule is CC(NS(=O)(=O)c1c[nH]c2ncccc12)c1nccs1. The van der Waals surface area contributed by atoms with Gasteiger partial charge in [0.25, 0.3) is 0 Å². The Kier molecular flexibility index (Phi) is 3.28. The number of nitrogens with one attached hydrogen (secondary N) is 2. The quantitative estimate of drug-likeness (QED) is 0.772. The van der Waals surface area contributed by atoms with E-state index < -0.39 is 10.0 Å². The second-order valence-corrected chi connectivity index (χ2v) is 6.87. The van der Waals surface area contributed by atoms with Crippen molar-refractivity contribution in [3.05, 3.63) is 41.1 Å². The Morgan fingerprint density at radius 2 is 2.20 bits per heavy atom. The molecule has 0 aliphatic heterocycles. The van der Waals surface area contributed by atoms with Crippen molar-refractivity contribution in [3.63, 3.8) is 0 Å². The second kappa shape index (κ2) is 4.97. The van der Waals surface area contributed by atoms with Gasteiger partial charge in [-0.3, -0.25) is 0 Å². The van der Waals surface area contributed by atoms with E-state index in [1.54, 1.807) is 31.5 Å². The zero-order valence-electron chi connectivity index (χ0n) is 10.6. The van der Waals surface area contributed by atoms with Gasteiger partial charge in [-0.15, -0.1) is 11.3 Å². The maximum Gasteiger partial charge on any atom is 0.243 e. The first-order valence-corrected chi connectivity index (χ1v) is 8.28. The van der Waals surface area contributed by atoms with Crippen LogP contribution in [0.2, 0.25) is 0 Å². The van der Waals surface area contributed by atoms with Gasteiger partial charge in [-0.1, -0.05) is 0 Å². The largest absolute Gasteiger partial charge is 0.345 e. The lowest BCUT2D eigenvalue weighted by atomic mass is 10.3. The Morgan fingerprint density at radius 3 is 2.95 bits per heavy atom. The van der Waals surface area contributed by atoms with Gasteiger partial charge in [-0.2, -0.15) is 0 Å². The highest BCUT2D eigenvalue weighted by molar-refractivity contribution is 7.89. The summed E-state index contributed by atoms with van der Waals surface area (Å²) >= 11 is 1.41. The fourth-order valence-electron chi connectivity index (χ4n) is 1.95. The third-order valence-electron chi connectivity index (χ3n) is 2.86. The molecule has 0 aliphatic rings. The summed E-state index contributed by atoms with van der Waals surface area (Å²) in [5, 5.41) is 3.12. The number of aromatic nitrogens is 3. The van der Waals surface area contributed by atoms with Crippen molar-refractivity contribution in [1.29, 1.82) is 0 Å². The molecule has 0 radical (unpaired) electrons. The molecule has 3 aromatic heterocycles. The topological polar surface area (TPSA) is 87.7 Å². The number of fused-ring (bicyclic) bond motifs is 1. The molecule has 104 valence electrons. The first-order valence-electron chi connectivity index (χ1n) is 5.92. The van der Waals surface area contributed by atoms with Crippen LogP contribution in [0.5, 0.6) is 0 Å². The van der Waals surface area contributed by atoms with Crippen LogP contribution in [0.3, 0.4) is 0 Å².